The van der Waals surface area contributed by atoms with Gasteiger partial charge in [0.25, 0.3) is 0 Å². The van der Waals surface area contributed by atoms with E-state index in [1.807, 2.05) is 13.0 Å². The quantitative estimate of drug-likeness (QED) is 0.648. The maximum absolute atomic E-state index is 5.62. The topological polar surface area (TPSA) is 13.1 Å². The molecule has 3 rings (SSSR count). The maximum atomic E-state index is 5.62. The summed E-state index contributed by atoms with van der Waals surface area (Å²) in [6.45, 7) is 4.10. The van der Waals surface area contributed by atoms with Gasteiger partial charge < -0.3 is 4.42 Å². The van der Waals surface area contributed by atoms with E-state index in [4.69, 9.17) is 4.42 Å². The van der Waals surface area contributed by atoms with Gasteiger partial charge in [-0.1, -0.05) is 54.1 Å². The van der Waals surface area contributed by atoms with Gasteiger partial charge in [-0.2, -0.15) is 0 Å². The Morgan fingerprint density at radius 1 is 0.619 bits per heavy atom. The minimum atomic E-state index is 0.860. The van der Waals surface area contributed by atoms with Crippen LogP contribution in [0.4, 0.5) is 0 Å². The third-order valence-corrected chi connectivity index (χ3v) is 3.73. The first kappa shape index (κ1) is 13.7. The SMILES string of the molecule is Cc1ccc(Cc2ccc(Cc3ccc(C)o3)cc2)cc1. The highest BCUT2D eigenvalue weighted by molar-refractivity contribution is 5.31. The van der Waals surface area contributed by atoms with Crippen molar-refractivity contribution in [2.75, 3.05) is 0 Å². The Kier molecular flexibility index (Phi) is 3.92. The molecule has 0 aliphatic heterocycles. The van der Waals surface area contributed by atoms with Crippen LogP contribution in [-0.2, 0) is 12.8 Å². The van der Waals surface area contributed by atoms with Crippen LogP contribution in [0.3, 0.4) is 0 Å². The molecule has 3 aromatic rings. The summed E-state index contributed by atoms with van der Waals surface area (Å²) in [5.41, 5.74) is 5.30. The van der Waals surface area contributed by atoms with Crippen molar-refractivity contribution in [2.24, 2.45) is 0 Å². The van der Waals surface area contributed by atoms with Crippen LogP contribution in [0.5, 0.6) is 0 Å². The Bertz CT molecular complexity index is 702. The van der Waals surface area contributed by atoms with Gasteiger partial charge in [0.1, 0.15) is 11.5 Å². The lowest BCUT2D eigenvalue weighted by molar-refractivity contribution is 0.493. The molecule has 0 amide bonds. The Hall–Kier alpha value is -2.28. The molecule has 106 valence electrons. The van der Waals surface area contributed by atoms with Gasteiger partial charge in [-0.05, 0) is 49.1 Å². The second-order valence-corrected chi connectivity index (χ2v) is 5.67. The molecule has 1 aromatic heterocycles. The molecule has 0 unspecified atom stereocenters. The first-order valence-corrected chi connectivity index (χ1v) is 7.38. The highest BCUT2D eigenvalue weighted by Gasteiger charge is 2.02. The Morgan fingerprint density at radius 2 is 1.14 bits per heavy atom. The van der Waals surface area contributed by atoms with Crippen molar-refractivity contribution in [3.63, 3.8) is 0 Å². The third-order valence-electron chi connectivity index (χ3n) is 3.73. The summed E-state index contributed by atoms with van der Waals surface area (Å²) in [5.74, 6) is 2.00. The van der Waals surface area contributed by atoms with Crippen LogP contribution in [0.15, 0.2) is 65.1 Å². The summed E-state index contributed by atoms with van der Waals surface area (Å²) in [4.78, 5) is 0. The average Bonchev–Trinajstić information content (AvgIpc) is 2.89. The molecule has 2 aromatic carbocycles. The number of benzene rings is 2. The summed E-state index contributed by atoms with van der Waals surface area (Å²) >= 11 is 0. The van der Waals surface area contributed by atoms with Crippen LogP contribution in [0.2, 0.25) is 0 Å². The minimum absolute atomic E-state index is 0.860. The highest BCUT2D eigenvalue weighted by Crippen LogP contribution is 2.15. The predicted octanol–water partition coefficient (Wildman–Crippen LogP) is 5.08. The van der Waals surface area contributed by atoms with Gasteiger partial charge in [0.05, 0.1) is 0 Å². The van der Waals surface area contributed by atoms with Crippen molar-refractivity contribution >= 4 is 0 Å². The van der Waals surface area contributed by atoms with Gasteiger partial charge in [0.15, 0.2) is 0 Å². The fraction of sp³-hybridized carbons (Fsp3) is 0.200. The van der Waals surface area contributed by atoms with Gasteiger partial charge in [-0.15, -0.1) is 0 Å². The minimum Gasteiger partial charge on any atom is -0.466 e. The largest absolute Gasteiger partial charge is 0.466 e. The van der Waals surface area contributed by atoms with Gasteiger partial charge >= 0.3 is 0 Å². The highest BCUT2D eigenvalue weighted by atomic mass is 16.3. The van der Waals surface area contributed by atoms with Gasteiger partial charge in [-0.3, -0.25) is 0 Å². The summed E-state index contributed by atoms with van der Waals surface area (Å²) in [5, 5.41) is 0. The molecule has 1 heterocycles. The summed E-state index contributed by atoms with van der Waals surface area (Å²) < 4.78 is 5.62. The van der Waals surface area contributed by atoms with Crippen molar-refractivity contribution < 1.29 is 4.42 Å². The normalized spacial score (nSPS) is 10.8. The van der Waals surface area contributed by atoms with E-state index in [0.29, 0.717) is 0 Å². The second kappa shape index (κ2) is 6.01. The standard InChI is InChI=1S/C20H20O/c1-15-3-6-17(7-4-15)13-18-8-10-19(11-9-18)14-20-12-5-16(2)21-20/h3-12H,13-14H2,1-2H3. The second-order valence-electron chi connectivity index (χ2n) is 5.67. The van der Waals surface area contributed by atoms with E-state index in [1.165, 1.54) is 22.3 Å². The molecule has 0 aliphatic rings. The average molecular weight is 276 g/mol. The lowest BCUT2D eigenvalue weighted by Crippen LogP contribution is -1.90. The van der Waals surface area contributed by atoms with Crippen LogP contribution < -0.4 is 0 Å². The number of hydrogen-bond acceptors (Lipinski definition) is 1. The van der Waals surface area contributed by atoms with Crippen LogP contribution in [-0.4, -0.2) is 0 Å². The van der Waals surface area contributed by atoms with Gasteiger partial charge in [-0.25, -0.2) is 0 Å². The zero-order valence-corrected chi connectivity index (χ0v) is 12.6. The number of rotatable bonds is 4. The molecule has 0 fully saturated rings. The molecule has 0 saturated heterocycles. The molecule has 0 aliphatic carbocycles. The third kappa shape index (κ3) is 3.63. The molecule has 0 saturated carbocycles. The fourth-order valence-electron chi connectivity index (χ4n) is 2.50. The molecular formula is C20H20O. The lowest BCUT2D eigenvalue weighted by atomic mass is 10.0. The van der Waals surface area contributed by atoms with E-state index in [1.54, 1.807) is 0 Å². The maximum Gasteiger partial charge on any atom is 0.108 e. The van der Waals surface area contributed by atoms with Crippen LogP contribution in [0, 0.1) is 13.8 Å². The molecule has 0 radical (unpaired) electrons. The zero-order valence-electron chi connectivity index (χ0n) is 12.6. The molecule has 0 bridgehead atoms. The summed E-state index contributed by atoms with van der Waals surface area (Å²) in [6.07, 6.45) is 1.85. The summed E-state index contributed by atoms with van der Waals surface area (Å²) in [6, 6.07) is 21.6. The fourth-order valence-corrected chi connectivity index (χ4v) is 2.50. The number of hydrogen-bond donors (Lipinski definition) is 0. The number of aryl methyl sites for hydroxylation is 2. The first-order chi connectivity index (χ1) is 10.2. The molecular weight excluding hydrogens is 256 g/mol. The van der Waals surface area contributed by atoms with E-state index in [-0.39, 0.29) is 0 Å². The van der Waals surface area contributed by atoms with E-state index in [2.05, 4.69) is 61.5 Å². The van der Waals surface area contributed by atoms with Gasteiger partial charge in [0, 0.05) is 6.42 Å². The molecule has 0 spiro atoms. The first-order valence-electron chi connectivity index (χ1n) is 7.38. The summed E-state index contributed by atoms with van der Waals surface area (Å²) in [7, 11) is 0. The van der Waals surface area contributed by atoms with Crippen molar-refractivity contribution in [3.05, 3.63) is 94.4 Å². The smallest absolute Gasteiger partial charge is 0.108 e. The molecule has 0 atom stereocenters. The van der Waals surface area contributed by atoms with Crippen LogP contribution >= 0.6 is 0 Å². The Balaban J connectivity index is 1.67. The van der Waals surface area contributed by atoms with E-state index >= 15 is 0 Å². The molecule has 21 heavy (non-hydrogen) atoms. The van der Waals surface area contributed by atoms with E-state index in [9.17, 15) is 0 Å². The van der Waals surface area contributed by atoms with Gasteiger partial charge in [0.2, 0.25) is 0 Å². The monoisotopic (exact) mass is 276 g/mol. The molecule has 1 nitrogen and oxygen atoms in total. The lowest BCUT2D eigenvalue weighted by Gasteiger charge is -2.04. The van der Waals surface area contributed by atoms with Crippen LogP contribution in [0.25, 0.3) is 0 Å². The van der Waals surface area contributed by atoms with Crippen molar-refractivity contribution in [2.45, 2.75) is 26.7 Å². The molecule has 0 N–H and O–H groups in total. The Labute approximate surface area is 126 Å². The van der Waals surface area contributed by atoms with E-state index < -0.39 is 0 Å². The van der Waals surface area contributed by atoms with Crippen LogP contribution in [0.1, 0.15) is 33.8 Å². The number of furan rings is 1. The predicted molar refractivity (Wildman–Crippen MR) is 86.7 cm³/mol. The Morgan fingerprint density at radius 3 is 1.67 bits per heavy atom. The van der Waals surface area contributed by atoms with Crippen molar-refractivity contribution in [3.8, 4) is 0 Å². The van der Waals surface area contributed by atoms with E-state index in [0.717, 1.165) is 24.4 Å². The zero-order chi connectivity index (χ0) is 14.7. The molecule has 1 heteroatoms. The van der Waals surface area contributed by atoms with Crippen molar-refractivity contribution in [1.82, 2.24) is 0 Å². The van der Waals surface area contributed by atoms with Crippen molar-refractivity contribution in [1.29, 1.82) is 0 Å².